The lowest BCUT2D eigenvalue weighted by Crippen LogP contribution is -2.26. The highest BCUT2D eigenvalue weighted by atomic mass is 35.5. The fraction of sp³-hybridized carbons (Fsp3) is 0.333. The van der Waals surface area contributed by atoms with Gasteiger partial charge in [0, 0.05) is 6.20 Å². The molecule has 1 N–H and O–H groups in total. The lowest BCUT2D eigenvalue weighted by molar-refractivity contribution is -0.117. The van der Waals surface area contributed by atoms with Crippen molar-refractivity contribution in [3.05, 3.63) is 23.4 Å². The van der Waals surface area contributed by atoms with E-state index in [1.54, 1.807) is 18.3 Å². The standard InChI is InChI=1S/C9H9ClN2O2/c10-7-2-1-3-11-9(7)12-5-6(13)4-8(12)14/h1-3,6,13H,4-5H2. The highest BCUT2D eigenvalue weighted by Gasteiger charge is 2.30. The first-order valence-electron chi connectivity index (χ1n) is 4.27. The average molecular weight is 213 g/mol. The number of hydrogen-bond donors (Lipinski definition) is 1. The number of aliphatic hydroxyl groups excluding tert-OH is 1. The summed E-state index contributed by atoms with van der Waals surface area (Å²) in [5.41, 5.74) is 0. The topological polar surface area (TPSA) is 53.4 Å². The molecule has 4 nitrogen and oxygen atoms in total. The number of pyridine rings is 1. The zero-order valence-corrected chi connectivity index (χ0v) is 8.11. The summed E-state index contributed by atoms with van der Waals surface area (Å²) in [6, 6.07) is 3.37. The van der Waals surface area contributed by atoms with Gasteiger partial charge in [-0.15, -0.1) is 0 Å². The van der Waals surface area contributed by atoms with Crippen LogP contribution in [0.1, 0.15) is 6.42 Å². The summed E-state index contributed by atoms with van der Waals surface area (Å²) < 4.78 is 0. The van der Waals surface area contributed by atoms with Gasteiger partial charge >= 0.3 is 0 Å². The lowest BCUT2D eigenvalue weighted by Gasteiger charge is -2.15. The molecular formula is C9H9ClN2O2. The summed E-state index contributed by atoms with van der Waals surface area (Å²) in [7, 11) is 0. The van der Waals surface area contributed by atoms with Crippen LogP contribution < -0.4 is 4.90 Å². The summed E-state index contributed by atoms with van der Waals surface area (Å²) in [5, 5.41) is 9.71. The smallest absolute Gasteiger partial charge is 0.230 e. The lowest BCUT2D eigenvalue weighted by atomic mass is 10.3. The molecule has 0 aliphatic carbocycles. The second-order valence-corrected chi connectivity index (χ2v) is 3.58. The Kier molecular flexibility index (Phi) is 2.39. The number of carbonyl (C=O) groups excluding carboxylic acids is 1. The fourth-order valence-corrected chi connectivity index (χ4v) is 1.69. The van der Waals surface area contributed by atoms with Gasteiger partial charge in [0.15, 0.2) is 5.82 Å². The van der Waals surface area contributed by atoms with E-state index in [1.807, 2.05) is 0 Å². The van der Waals surface area contributed by atoms with Gasteiger partial charge in [0.1, 0.15) is 0 Å². The summed E-state index contributed by atoms with van der Waals surface area (Å²) in [5.74, 6) is 0.286. The zero-order valence-electron chi connectivity index (χ0n) is 7.35. The highest BCUT2D eigenvalue weighted by molar-refractivity contribution is 6.33. The molecule has 1 aromatic rings. The van der Waals surface area contributed by atoms with Crippen molar-refractivity contribution in [2.75, 3.05) is 11.4 Å². The minimum atomic E-state index is -0.611. The Balaban J connectivity index is 2.32. The Morgan fingerprint density at radius 3 is 3.00 bits per heavy atom. The number of amides is 1. The molecule has 0 spiro atoms. The molecule has 1 amide bonds. The van der Waals surface area contributed by atoms with E-state index in [9.17, 15) is 9.90 Å². The van der Waals surface area contributed by atoms with E-state index >= 15 is 0 Å². The maximum atomic E-state index is 11.4. The van der Waals surface area contributed by atoms with Gasteiger partial charge < -0.3 is 5.11 Å². The van der Waals surface area contributed by atoms with Crippen LogP contribution in [-0.2, 0) is 4.79 Å². The molecule has 1 aliphatic heterocycles. The van der Waals surface area contributed by atoms with E-state index in [-0.39, 0.29) is 18.9 Å². The van der Waals surface area contributed by atoms with E-state index in [1.165, 1.54) is 4.90 Å². The maximum absolute atomic E-state index is 11.4. The van der Waals surface area contributed by atoms with E-state index in [2.05, 4.69) is 4.98 Å². The molecule has 2 rings (SSSR count). The molecule has 0 saturated carbocycles. The Hall–Kier alpha value is -1.13. The van der Waals surface area contributed by atoms with Crippen LogP contribution in [0.25, 0.3) is 0 Å². The molecule has 1 atom stereocenters. The molecule has 1 fully saturated rings. The minimum Gasteiger partial charge on any atom is -0.391 e. The van der Waals surface area contributed by atoms with Gasteiger partial charge in [-0.25, -0.2) is 4.98 Å². The molecule has 74 valence electrons. The molecular weight excluding hydrogens is 204 g/mol. The van der Waals surface area contributed by atoms with Crippen molar-refractivity contribution in [1.82, 2.24) is 4.98 Å². The third-order valence-corrected chi connectivity index (χ3v) is 2.39. The first kappa shape index (κ1) is 9.43. The normalized spacial score (nSPS) is 21.7. The van der Waals surface area contributed by atoms with Crippen molar-refractivity contribution >= 4 is 23.3 Å². The van der Waals surface area contributed by atoms with Gasteiger partial charge in [0.2, 0.25) is 5.91 Å². The molecule has 0 radical (unpaired) electrons. The first-order chi connectivity index (χ1) is 6.68. The summed E-state index contributed by atoms with van der Waals surface area (Å²) >= 11 is 5.88. The molecule has 14 heavy (non-hydrogen) atoms. The third kappa shape index (κ3) is 1.58. The zero-order chi connectivity index (χ0) is 10.1. The number of rotatable bonds is 1. The highest BCUT2D eigenvalue weighted by Crippen LogP contribution is 2.26. The molecule has 0 aromatic carbocycles. The molecule has 1 aliphatic rings. The van der Waals surface area contributed by atoms with Crippen LogP contribution in [0.15, 0.2) is 18.3 Å². The Morgan fingerprint density at radius 1 is 1.64 bits per heavy atom. The van der Waals surface area contributed by atoms with Crippen LogP contribution in [0.3, 0.4) is 0 Å². The predicted molar refractivity (Wildman–Crippen MR) is 52.2 cm³/mol. The predicted octanol–water partition coefficient (Wildman–Crippen LogP) is 0.833. The van der Waals surface area contributed by atoms with Crippen molar-refractivity contribution in [3.8, 4) is 0 Å². The Bertz CT molecular complexity index is 370. The molecule has 1 saturated heterocycles. The van der Waals surface area contributed by atoms with Gasteiger partial charge in [-0.1, -0.05) is 11.6 Å². The van der Waals surface area contributed by atoms with E-state index in [0.29, 0.717) is 10.8 Å². The van der Waals surface area contributed by atoms with Crippen LogP contribution in [0.2, 0.25) is 5.02 Å². The van der Waals surface area contributed by atoms with Crippen molar-refractivity contribution in [2.45, 2.75) is 12.5 Å². The van der Waals surface area contributed by atoms with Gasteiger partial charge in [-0.05, 0) is 12.1 Å². The number of aromatic nitrogens is 1. The maximum Gasteiger partial charge on any atom is 0.230 e. The summed E-state index contributed by atoms with van der Waals surface area (Å²) in [6.45, 7) is 0.273. The monoisotopic (exact) mass is 212 g/mol. The SMILES string of the molecule is O=C1CC(O)CN1c1ncccc1Cl. The first-order valence-corrected chi connectivity index (χ1v) is 4.65. The van der Waals surface area contributed by atoms with Crippen molar-refractivity contribution < 1.29 is 9.90 Å². The van der Waals surface area contributed by atoms with Crippen LogP contribution >= 0.6 is 11.6 Å². The number of carbonyl (C=O) groups is 1. The number of nitrogens with zero attached hydrogens (tertiary/aromatic N) is 2. The molecule has 5 heteroatoms. The third-order valence-electron chi connectivity index (χ3n) is 2.10. The number of aliphatic hydroxyl groups is 1. The van der Waals surface area contributed by atoms with Crippen LogP contribution in [0, 0.1) is 0 Å². The van der Waals surface area contributed by atoms with Crippen LogP contribution in [0.4, 0.5) is 5.82 Å². The Morgan fingerprint density at radius 2 is 2.43 bits per heavy atom. The van der Waals surface area contributed by atoms with Crippen molar-refractivity contribution in [2.24, 2.45) is 0 Å². The van der Waals surface area contributed by atoms with Crippen molar-refractivity contribution in [3.63, 3.8) is 0 Å². The number of β-amino-alcohol motifs (C(OH)–C–C–N with tert-alkyl or cyclic N) is 1. The molecule has 0 bridgehead atoms. The molecule has 1 aromatic heterocycles. The van der Waals surface area contributed by atoms with Crippen molar-refractivity contribution in [1.29, 1.82) is 0 Å². The van der Waals surface area contributed by atoms with Gasteiger partial charge in [0.05, 0.1) is 24.1 Å². The number of anilines is 1. The van der Waals surface area contributed by atoms with E-state index < -0.39 is 6.10 Å². The molecule has 2 heterocycles. The fourth-order valence-electron chi connectivity index (χ4n) is 1.47. The quantitative estimate of drug-likeness (QED) is 0.751. The van der Waals surface area contributed by atoms with Crippen LogP contribution in [0.5, 0.6) is 0 Å². The van der Waals surface area contributed by atoms with Gasteiger partial charge in [-0.3, -0.25) is 9.69 Å². The second-order valence-electron chi connectivity index (χ2n) is 3.17. The minimum absolute atomic E-state index is 0.141. The summed E-state index contributed by atoms with van der Waals surface area (Å²) in [6.07, 6.45) is 1.10. The van der Waals surface area contributed by atoms with Gasteiger partial charge in [0.25, 0.3) is 0 Å². The van der Waals surface area contributed by atoms with E-state index in [4.69, 9.17) is 11.6 Å². The van der Waals surface area contributed by atoms with Crippen LogP contribution in [-0.4, -0.2) is 28.6 Å². The Labute approximate surface area is 86.1 Å². The summed E-state index contributed by atoms with van der Waals surface area (Å²) in [4.78, 5) is 16.8. The number of hydrogen-bond acceptors (Lipinski definition) is 3. The molecule has 1 unspecified atom stereocenters. The van der Waals surface area contributed by atoms with Gasteiger partial charge in [-0.2, -0.15) is 0 Å². The van der Waals surface area contributed by atoms with E-state index in [0.717, 1.165) is 0 Å². The average Bonchev–Trinajstić information content (AvgIpc) is 2.46. The second kappa shape index (κ2) is 3.55. The largest absolute Gasteiger partial charge is 0.391 e. The number of halogens is 1.